The fraction of sp³-hybridized carbons (Fsp3) is 0.103. The van der Waals surface area contributed by atoms with Crippen LogP contribution in [0.1, 0.15) is 41.2 Å². The van der Waals surface area contributed by atoms with Crippen molar-refractivity contribution < 1.29 is 0 Å². The van der Waals surface area contributed by atoms with Crippen molar-refractivity contribution in [3.63, 3.8) is 0 Å². The number of rotatable bonds is 7. The van der Waals surface area contributed by atoms with Gasteiger partial charge >= 0.3 is 0 Å². The predicted octanol–water partition coefficient (Wildman–Crippen LogP) is 10.1. The molecule has 3 heteroatoms. The molecular formula is C39H33N3. The van der Waals surface area contributed by atoms with Gasteiger partial charge in [0.05, 0.1) is 23.0 Å². The number of hydrogen-bond donors (Lipinski definition) is 0. The Labute approximate surface area is 248 Å². The molecule has 0 spiro atoms. The molecule has 1 aliphatic rings. The molecule has 0 saturated carbocycles. The highest BCUT2D eigenvalue weighted by Crippen LogP contribution is 2.34. The third-order valence-corrected chi connectivity index (χ3v) is 7.51. The number of para-hydroxylation sites is 1. The normalized spacial score (nSPS) is 14.2. The largest absolute Gasteiger partial charge is 0.264 e. The zero-order chi connectivity index (χ0) is 29.5. The maximum Gasteiger partial charge on any atom is 0.0991 e. The average molecular weight is 544 g/mol. The maximum atomic E-state index is 9.44. The van der Waals surface area contributed by atoms with Gasteiger partial charge in [0.1, 0.15) is 0 Å². The van der Waals surface area contributed by atoms with E-state index in [1.54, 1.807) is 0 Å². The van der Waals surface area contributed by atoms with Gasteiger partial charge in [-0.25, -0.2) is 0 Å². The van der Waals surface area contributed by atoms with E-state index >= 15 is 0 Å². The van der Waals surface area contributed by atoms with Crippen molar-refractivity contribution in [1.29, 1.82) is 5.26 Å². The van der Waals surface area contributed by atoms with E-state index in [1.807, 2.05) is 48.6 Å². The summed E-state index contributed by atoms with van der Waals surface area (Å²) in [6.45, 7) is 9.99. The SMILES string of the molecule is C=N/C(=C\C=C1\C=CC=CC1)c1ccc(-c2ccc(C(C)=Nc3ccccc3C)c(-c3ccc(C#N)cc3C)c2)cc1. The van der Waals surface area contributed by atoms with Crippen molar-refractivity contribution in [3.05, 3.63) is 155 Å². The van der Waals surface area contributed by atoms with E-state index in [2.05, 4.69) is 111 Å². The zero-order valence-corrected chi connectivity index (χ0v) is 24.3. The third kappa shape index (κ3) is 6.35. The topological polar surface area (TPSA) is 48.5 Å². The Hall–Kier alpha value is -5.33. The first-order valence-electron chi connectivity index (χ1n) is 14.0. The van der Waals surface area contributed by atoms with Crippen LogP contribution in [0.15, 0.2) is 137 Å². The van der Waals surface area contributed by atoms with Crippen molar-refractivity contribution in [2.45, 2.75) is 27.2 Å². The highest BCUT2D eigenvalue weighted by Gasteiger charge is 2.14. The fourth-order valence-electron chi connectivity index (χ4n) is 5.14. The lowest BCUT2D eigenvalue weighted by molar-refractivity contribution is 1.26. The zero-order valence-electron chi connectivity index (χ0n) is 24.3. The van der Waals surface area contributed by atoms with Gasteiger partial charge in [-0.15, -0.1) is 0 Å². The lowest BCUT2D eigenvalue weighted by Crippen LogP contribution is -2.00. The van der Waals surface area contributed by atoms with Crippen LogP contribution in [0.5, 0.6) is 0 Å². The quantitative estimate of drug-likeness (QED) is 0.214. The second-order valence-corrected chi connectivity index (χ2v) is 10.4. The molecule has 42 heavy (non-hydrogen) atoms. The minimum Gasteiger partial charge on any atom is -0.264 e. The Morgan fingerprint density at radius 3 is 2.33 bits per heavy atom. The Kier molecular flexibility index (Phi) is 8.66. The molecule has 0 atom stereocenters. The number of benzene rings is 4. The number of nitrogens with zero attached hydrogens (tertiary/aromatic N) is 3. The highest BCUT2D eigenvalue weighted by atomic mass is 14.7. The molecule has 0 saturated heterocycles. The van der Waals surface area contributed by atoms with Crippen LogP contribution < -0.4 is 0 Å². The summed E-state index contributed by atoms with van der Waals surface area (Å²) in [5.74, 6) is 0. The van der Waals surface area contributed by atoms with E-state index in [1.165, 1.54) is 5.57 Å². The van der Waals surface area contributed by atoms with Gasteiger partial charge in [-0.2, -0.15) is 5.26 Å². The second-order valence-electron chi connectivity index (χ2n) is 10.4. The van der Waals surface area contributed by atoms with Crippen LogP contribution in [0.4, 0.5) is 5.69 Å². The molecule has 3 nitrogen and oxygen atoms in total. The van der Waals surface area contributed by atoms with Crippen LogP contribution in [-0.4, -0.2) is 12.4 Å². The fourth-order valence-corrected chi connectivity index (χ4v) is 5.14. The van der Waals surface area contributed by atoms with Gasteiger partial charge in [0.2, 0.25) is 0 Å². The molecule has 5 rings (SSSR count). The van der Waals surface area contributed by atoms with E-state index in [0.717, 1.165) is 68.0 Å². The van der Waals surface area contributed by atoms with Crippen LogP contribution in [-0.2, 0) is 0 Å². The molecular weight excluding hydrogens is 510 g/mol. The van der Waals surface area contributed by atoms with Crippen LogP contribution in [0.2, 0.25) is 0 Å². The van der Waals surface area contributed by atoms with Crippen LogP contribution in [0.3, 0.4) is 0 Å². The molecule has 0 N–H and O–H groups in total. The molecule has 0 unspecified atom stereocenters. The van der Waals surface area contributed by atoms with E-state index in [-0.39, 0.29) is 0 Å². The molecule has 4 aromatic carbocycles. The van der Waals surface area contributed by atoms with Crippen molar-refractivity contribution in [2.75, 3.05) is 0 Å². The standard InChI is InChI=1S/C39H33N3/c1-27-10-8-9-13-38(27)42-29(3)36-22-20-34(25-37(36)35-21-14-31(26-40)24-28(35)2)32-16-18-33(19-17-32)39(41-4)23-15-30-11-6-5-7-12-30/h5-11,13-25H,4,12H2,1-3H3/b30-15-,39-23-,42-29?. The number of aliphatic imine (C=N–C) groups is 2. The Morgan fingerprint density at radius 1 is 0.857 bits per heavy atom. The van der Waals surface area contributed by atoms with E-state index in [4.69, 9.17) is 4.99 Å². The molecule has 0 fully saturated rings. The third-order valence-electron chi connectivity index (χ3n) is 7.51. The van der Waals surface area contributed by atoms with Gasteiger partial charge in [0.15, 0.2) is 0 Å². The molecule has 0 radical (unpaired) electrons. The molecule has 0 bridgehead atoms. The molecule has 1 aliphatic carbocycles. The lowest BCUT2D eigenvalue weighted by Gasteiger charge is -2.15. The first kappa shape index (κ1) is 28.2. The number of aryl methyl sites for hydroxylation is 2. The van der Waals surface area contributed by atoms with Gasteiger partial charge in [-0.05, 0) is 103 Å². The summed E-state index contributed by atoms with van der Waals surface area (Å²) in [4.78, 5) is 9.28. The summed E-state index contributed by atoms with van der Waals surface area (Å²) in [7, 11) is 0. The summed E-state index contributed by atoms with van der Waals surface area (Å²) in [6, 6.07) is 31.3. The first-order chi connectivity index (χ1) is 20.5. The van der Waals surface area contributed by atoms with E-state index in [0.29, 0.717) is 5.56 Å². The first-order valence-corrected chi connectivity index (χ1v) is 14.0. The lowest BCUT2D eigenvalue weighted by atomic mass is 9.90. The van der Waals surface area contributed by atoms with Gasteiger partial charge in [-0.3, -0.25) is 9.98 Å². The van der Waals surface area contributed by atoms with Gasteiger partial charge < -0.3 is 0 Å². The highest BCUT2D eigenvalue weighted by molar-refractivity contribution is 6.06. The minimum absolute atomic E-state index is 0.654. The van der Waals surface area contributed by atoms with Gasteiger partial charge in [0.25, 0.3) is 0 Å². The van der Waals surface area contributed by atoms with Crippen molar-refractivity contribution in [1.82, 2.24) is 0 Å². The van der Waals surface area contributed by atoms with Crippen molar-refractivity contribution in [2.24, 2.45) is 9.98 Å². The average Bonchev–Trinajstić information content (AvgIpc) is 3.03. The number of allylic oxidation sites excluding steroid dienone is 7. The monoisotopic (exact) mass is 543 g/mol. The molecule has 204 valence electrons. The molecule has 0 aromatic heterocycles. The Bertz CT molecular complexity index is 1840. The minimum atomic E-state index is 0.654. The van der Waals surface area contributed by atoms with E-state index < -0.39 is 0 Å². The van der Waals surface area contributed by atoms with Gasteiger partial charge in [0, 0.05) is 16.8 Å². The smallest absolute Gasteiger partial charge is 0.0991 e. The summed E-state index contributed by atoms with van der Waals surface area (Å²) in [6.07, 6.45) is 13.4. The Balaban J connectivity index is 1.55. The summed E-state index contributed by atoms with van der Waals surface area (Å²) in [5, 5.41) is 9.44. The van der Waals surface area contributed by atoms with E-state index in [9.17, 15) is 5.26 Å². The van der Waals surface area contributed by atoms with Crippen LogP contribution >= 0.6 is 0 Å². The Morgan fingerprint density at radius 2 is 1.64 bits per heavy atom. The van der Waals surface area contributed by atoms with Gasteiger partial charge in [-0.1, -0.05) is 91.0 Å². The molecule has 0 aliphatic heterocycles. The summed E-state index contributed by atoms with van der Waals surface area (Å²) >= 11 is 0. The van der Waals surface area contributed by atoms with Crippen molar-refractivity contribution in [3.8, 4) is 28.3 Å². The van der Waals surface area contributed by atoms with Crippen molar-refractivity contribution >= 4 is 23.8 Å². The second kappa shape index (κ2) is 12.9. The summed E-state index contributed by atoms with van der Waals surface area (Å²) < 4.78 is 0. The van der Waals surface area contributed by atoms with Crippen LogP contribution in [0.25, 0.3) is 28.0 Å². The van der Waals surface area contributed by atoms with Crippen LogP contribution in [0, 0.1) is 25.2 Å². The molecule has 0 amide bonds. The number of hydrogen-bond acceptors (Lipinski definition) is 3. The number of nitriles is 1. The predicted molar refractivity (Wildman–Crippen MR) is 178 cm³/mol. The molecule has 4 aromatic rings. The maximum absolute atomic E-state index is 9.44. The molecule has 0 heterocycles. The summed E-state index contributed by atoms with van der Waals surface area (Å²) in [5.41, 5.74) is 13.3.